The molecule has 9 aromatic rings. The zero-order chi connectivity index (χ0) is 98.3. The Hall–Kier alpha value is -18.5. The molecule has 1 aliphatic carbocycles. The van der Waals surface area contributed by atoms with Crippen molar-refractivity contribution in [2.75, 3.05) is 13.2 Å². The Morgan fingerprint density at radius 2 is 0.763 bits per heavy atom. The highest BCUT2D eigenvalue weighted by Crippen LogP contribution is 2.60. The number of benzene rings is 9. The van der Waals surface area contributed by atoms with Crippen molar-refractivity contribution in [3.8, 4) is 172 Å². The van der Waals surface area contributed by atoms with Gasteiger partial charge in [-0.2, -0.15) is 0 Å². The molecule has 0 unspecified atom stereocenters. The van der Waals surface area contributed by atoms with Crippen molar-refractivity contribution in [2.45, 2.75) is 78.9 Å². The lowest BCUT2D eigenvalue weighted by atomic mass is 9.71. The van der Waals surface area contributed by atoms with E-state index in [0.29, 0.717) is 66.7 Å². The van der Waals surface area contributed by atoms with Gasteiger partial charge in [0.05, 0.1) is 50.4 Å². The van der Waals surface area contributed by atoms with Crippen molar-refractivity contribution in [3.05, 3.63) is 152 Å². The van der Waals surface area contributed by atoms with Crippen LogP contribution in [0.4, 0.5) is 0 Å². The van der Waals surface area contributed by atoms with Crippen LogP contribution in [-0.2, 0) is 66.4 Å². The summed E-state index contributed by atoms with van der Waals surface area (Å²) in [5.74, 6) is -74.7. The second kappa shape index (κ2) is 33.2. The van der Waals surface area contributed by atoms with Gasteiger partial charge in [-0.05, 0) is 78.9 Å². The van der Waals surface area contributed by atoms with E-state index in [1.807, 2.05) is 0 Å². The van der Waals surface area contributed by atoms with E-state index in [4.69, 9.17) is 66.3 Å². The van der Waals surface area contributed by atoms with E-state index in [9.17, 15) is 177 Å². The number of esters is 10. The van der Waals surface area contributed by atoms with Gasteiger partial charge in [0.2, 0.25) is 59.3 Å². The Labute approximate surface area is 741 Å². The van der Waals surface area contributed by atoms with E-state index < -0.39 is 391 Å². The second-order valence-corrected chi connectivity index (χ2v) is 29.6. The molecule has 0 aromatic heterocycles. The fourth-order valence-corrected chi connectivity index (χ4v) is 14.7. The average Bonchev–Trinajstić information content (AvgIpc) is 0.689. The summed E-state index contributed by atoms with van der Waals surface area (Å²) in [6, 6.07) is 4.69. The van der Waals surface area contributed by atoms with Crippen LogP contribution < -0.4 is 9.47 Å². The Morgan fingerprint density at radius 3 is 1.27 bits per heavy atom. The summed E-state index contributed by atoms with van der Waals surface area (Å²) in [7, 11) is 0. The number of carbonyl (C=O) groups is 11. The molecule has 135 heavy (non-hydrogen) atoms. The lowest BCUT2D eigenvalue weighted by Gasteiger charge is -2.49. The predicted octanol–water partition coefficient (Wildman–Crippen LogP) is 0.985. The summed E-state index contributed by atoms with van der Waals surface area (Å²) in [5, 5.41) is 307. The first-order valence-corrected chi connectivity index (χ1v) is 37.5. The summed E-state index contributed by atoms with van der Waals surface area (Å²) < 4.78 is 79.5. The average molecular weight is 1890 g/mol. The maximum Gasteiger partial charge on any atom is 0.342 e. The number of hydrogen-bond acceptors (Lipinski definition) is 53. The van der Waals surface area contributed by atoms with Gasteiger partial charge < -0.3 is 209 Å². The zero-order valence-corrected chi connectivity index (χ0v) is 66.2. The number of hydrogen-bond donors (Lipinski definition) is 28. The molecule has 0 spiro atoms. The van der Waals surface area contributed by atoms with Crippen LogP contribution in [0.2, 0.25) is 0 Å². The van der Waals surface area contributed by atoms with Crippen LogP contribution in [0, 0.1) is 0 Å². The molecule has 53 nitrogen and oxygen atoms in total. The van der Waals surface area contributed by atoms with Crippen molar-refractivity contribution >= 4 is 65.5 Å². The zero-order valence-electron chi connectivity index (χ0n) is 66.2. The fourth-order valence-electron chi connectivity index (χ4n) is 14.7. The smallest absolute Gasteiger partial charge is 0.342 e. The summed E-state index contributed by atoms with van der Waals surface area (Å²) >= 11 is 0. The molecule has 53 heteroatoms. The van der Waals surface area contributed by atoms with E-state index in [2.05, 4.69) is 0 Å². The number of aliphatic hydroxyl groups is 3. The van der Waals surface area contributed by atoms with Gasteiger partial charge in [-0.3, -0.25) is 4.79 Å². The van der Waals surface area contributed by atoms with Gasteiger partial charge >= 0.3 is 65.5 Å². The Morgan fingerprint density at radius 1 is 0.356 bits per heavy atom. The molecule has 12 atom stereocenters. The Kier molecular flexibility index (Phi) is 22.4. The molecule has 2 saturated heterocycles. The normalized spacial score (nSPS) is 21.8. The van der Waals surface area contributed by atoms with Crippen molar-refractivity contribution < 1.29 is 262 Å². The van der Waals surface area contributed by atoms with Crippen molar-refractivity contribution in [1.29, 1.82) is 0 Å². The van der Waals surface area contributed by atoms with E-state index in [1.54, 1.807) is 0 Å². The third-order valence-corrected chi connectivity index (χ3v) is 21.3. The first-order valence-electron chi connectivity index (χ1n) is 37.5. The number of carbonyl (C=O) groups excluding carboxylic acids is 11. The number of ether oxygens (including phenoxy) is 14. The number of rotatable bonds is 15. The first-order chi connectivity index (χ1) is 63.4. The molecule has 5 heterocycles. The maximum absolute atomic E-state index is 15.7. The van der Waals surface area contributed by atoms with Gasteiger partial charge in [0, 0.05) is 28.8 Å². The minimum Gasteiger partial charge on any atom is -0.504 e. The largest absolute Gasteiger partial charge is 0.504 e. The van der Waals surface area contributed by atoms with Crippen molar-refractivity contribution in [2.24, 2.45) is 0 Å². The molecular formula is C82H58O53. The van der Waals surface area contributed by atoms with Gasteiger partial charge in [-0.1, -0.05) is 0 Å². The molecule has 0 radical (unpaired) electrons. The quantitative estimate of drug-likeness (QED) is 0.0294. The van der Waals surface area contributed by atoms with Crippen LogP contribution >= 0.6 is 0 Å². The van der Waals surface area contributed by atoms with Crippen LogP contribution in [0.5, 0.6) is 161 Å². The van der Waals surface area contributed by atoms with E-state index >= 15 is 19.2 Å². The molecule has 0 amide bonds. The summed E-state index contributed by atoms with van der Waals surface area (Å²) in [6.45, 7) is -3.30. The fraction of sp³-hybridized carbons (Fsp3) is 0.183. The molecule has 9 aromatic carbocycles. The van der Waals surface area contributed by atoms with Crippen LogP contribution in [0.25, 0.3) is 11.1 Å². The van der Waals surface area contributed by atoms with Crippen LogP contribution in [0.3, 0.4) is 0 Å². The number of aromatic hydroxyl groups is 25. The SMILES string of the molecule is O=C1O[C@H]2[C@@H]3OC(=O)c4cc(O)c(O)c(O)c4-c4c(cc(Oc5c(C(=O)O[C@@H]6[C@@H](OC(=O)c7cc(O)c(O)c(O)c7)O[C@@H](COC(=O)c7cc(O)c(O)c(O)c7)[C@@H](OC(=O)c7cc(O)c(O)c(O)c7)[C@H]6OC(=O)c6cc(O)c(O)c(O)c6)cc(O)c(O)c5O)c(O)c4O)C(=O)OC[C@@H]2O[C@H](OC(=O)c2cc(O)c(O)c(O)c2)[C@@H]3OC(=O)c2cc3c(c(O)c2O)O[C@]2(O)C(=O)C=C1[C@H]3C2(O)O. The summed E-state index contributed by atoms with van der Waals surface area (Å²) in [5.41, 5.74) is -16.6. The number of fused-ring (bicyclic) bond motifs is 5. The topological polar surface area (TPSA) is 883 Å². The standard InChI is InChI=1S/C82H58O53/c83-29-1-18(2-30(84)49(29)97)69(109)122-16-42-63(127-70(110)19-3-31(85)50(98)32(86)4-19)65(129-71(111)20-5-33(87)51(99)34(88)6-20)67(79(125-42)133-72(112)21-7-35(89)52(100)36(90)8-21)132-78(118)28-13-40(94)55(103)60(108)61(28)124-41-14-24-46(58(106)56(41)104)45-23(12-39(93)54(102)57(45)105)75(115)130-66-64-43(17-123-74(24)114)126-80(134-73(113)22-9-37(91)53(101)38(92)10-22)68(66)131-77(117)27-11-25-47-26(76(116)128-64)15-44(95)82(121,81(47,119)120)135-62(25)59(107)48(27)96/h1-15,42-43,47,63-68,79-80,83-94,96-108,119-121H,16-17H2/t42-,43-,47-,63+,64+,65+,66-,67-,68+,79+,80+,82+/m0/s1. The summed E-state index contributed by atoms with van der Waals surface area (Å²) in [4.78, 5) is 163. The minimum absolute atomic E-state index is 0.0411. The van der Waals surface area contributed by atoms with Crippen molar-refractivity contribution in [3.63, 3.8) is 0 Å². The maximum atomic E-state index is 15.7. The van der Waals surface area contributed by atoms with Gasteiger partial charge in [-0.25, -0.2) is 47.9 Å². The third kappa shape index (κ3) is 15.5. The van der Waals surface area contributed by atoms with E-state index in [-0.39, 0.29) is 24.3 Å². The number of phenols is 25. The summed E-state index contributed by atoms with van der Waals surface area (Å²) in [6.07, 6.45) is -28.7. The first kappa shape index (κ1) is 91.2. The van der Waals surface area contributed by atoms with Gasteiger partial charge in [0.25, 0.3) is 5.79 Å². The highest BCUT2D eigenvalue weighted by atomic mass is 16.8. The lowest BCUT2D eigenvalue weighted by Crippen LogP contribution is -2.70. The molecule has 704 valence electrons. The monoisotopic (exact) mass is 1890 g/mol. The molecular weight excluding hydrogens is 1830 g/mol. The van der Waals surface area contributed by atoms with Crippen molar-refractivity contribution in [1.82, 2.24) is 0 Å². The number of ketones is 1. The van der Waals surface area contributed by atoms with Crippen LogP contribution in [-0.4, -0.2) is 295 Å². The molecule has 5 aliphatic heterocycles. The second-order valence-electron chi connectivity index (χ2n) is 29.6. The van der Waals surface area contributed by atoms with Gasteiger partial charge in [0.15, 0.2) is 157 Å². The minimum atomic E-state index is -4.13. The highest BCUT2D eigenvalue weighted by molar-refractivity contribution is 6.10. The molecule has 2 fully saturated rings. The third-order valence-electron chi connectivity index (χ3n) is 21.3. The number of phenolic OH excluding ortho intramolecular Hbond substituents is 25. The molecule has 28 N–H and O–H groups in total. The molecule has 0 saturated carbocycles. The number of cyclic esters (lactones) is 1. The lowest BCUT2D eigenvalue weighted by molar-refractivity contribution is -0.339. The van der Waals surface area contributed by atoms with Crippen LogP contribution in [0.15, 0.2) is 96.6 Å². The molecule has 6 aliphatic rings. The Bertz CT molecular complexity index is 6630. The molecule has 15 rings (SSSR count). The molecule has 8 bridgehead atoms. The van der Waals surface area contributed by atoms with Gasteiger partial charge in [0.1, 0.15) is 36.5 Å². The van der Waals surface area contributed by atoms with E-state index in [0.717, 1.165) is 0 Å². The van der Waals surface area contributed by atoms with E-state index in [1.165, 1.54) is 0 Å². The van der Waals surface area contributed by atoms with Crippen LogP contribution in [0.1, 0.15) is 105 Å². The highest BCUT2D eigenvalue weighted by Gasteiger charge is 2.70. The predicted molar refractivity (Wildman–Crippen MR) is 412 cm³/mol. The Balaban J connectivity index is 0.875. The van der Waals surface area contributed by atoms with Gasteiger partial charge in [-0.15, -0.1) is 0 Å².